The van der Waals surface area contributed by atoms with E-state index in [1.165, 1.54) is 6.07 Å². The van der Waals surface area contributed by atoms with Gasteiger partial charge in [-0.1, -0.05) is 11.6 Å². The predicted octanol–water partition coefficient (Wildman–Crippen LogP) is 2.19. The number of carbonyl (C=O) groups excluding carboxylic acids is 1. The summed E-state index contributed by atoms with van der Waals surface area (Å²) in [5.74, 6) is -0.413. The Morgan fingerprint density at radius 1 is 1.57 bits per heavy atom. The summed E-state index contributed by atoms with van der Waals surface area (Å²) in [6.45, 7) is 6.87. The van der Waals surface area contributed by atoms with Crippen LogP contribution in [0.4, 0.5) is 5.69 Å². The lowest BCUT2D eigenvalue weighted by Crippen LogP contribution is -2.47. The third-order valence-electron chi connectivity index (χ3n) is 3.53. The highest BCUT2D eigenvalue weighted by Crippen LogP contribution is 2.20. The van der Waals surface area contributed by atoms with Gasteiger partial charge in [-0.15, -0.1) is 0 Å². The van der Waals surface area contributed by atoms with E-state index in [0.717, 1.165) is 13.1 Å². The highest BCUT2D eigenvalue weighted by molar-refractivity contribution is 6.33. The molecule has 0 aliphatic carbocycles. The zero-order valence-electron chi connectivity index (χ0n) is 12.3. The number of carbonyl (C=O) groups is 1. The van der Waals surface area contributed by atoms with Gasteiger partial charge in [0.1, 0.15) is 12.7 Å². The Morgan fingerprint density at radius 3 is 3.00 bits per heavy atom. The van der Waals surface area contributed by atoms with E-state index in [9.17, 15) is 4.79 Å². The second-order valence-electron chi connectivity index (χ2n) is 5.42. The van der Waals surface area contributed by atoms with Crippen molar-refractivity contribution in [1.82, 2.24) is 4.90 Å². The molecule has 2 N–H and O–H groups in total. The summed E-state index contributed by atoms with van der Waals surface area (Å²) < 4.78 is 10.9. The largest absolute Gasteiger partial charge is 0.459 e. The van der Waals surface area contributed by atoms with Crippen LogP contribution in [0.3, 0.4) is 0 Å². The van der Waals surface area contributed by atoms with Gasteiger partial charge in [-0.05, 0) is 32.0 Å². The molecular weight excluding hydrogens is 292 g/mol. The molecule has 116 valence electrons. The quantitative estimate of drug-likeness (QED) is 0.682. The van der Waals surface area contributed by atoms with Crippen molar-refractivity contribution < 1.29 is 14.3 Å². The maximum Gasteiger partial charge on any atom is 0.338 e. The van der Waals surface area contributed by atoms with E-state index in [2.05, 4.69) is 18.7 Å². The van der Waals surface area contributed by atoms with Crippen LogP contribution < -0.4 is 5.73 Å². The van der Waals surface area contributed by atoms with Crippen molar-refractivity contribution in [2.45, 2.75) is 26.0 Å². The third-order valence-corrected chi connectivity index (χ3v) is 3.88. The van der Waals surface area contributed by atoms with Gasteiger partial charge in [-0.3, -0.25) is 4.90 Å². The molecule has 0 aromatic heterocycles. The number of morpholine rings is 1. The minimum Gasteiger partial charge on any atom is -0.459 e. The molecule has 0 saturated carbocycles. The van der Waals surface area contributed by atoms with Crippen LogP contribution in [0.2, 0.25) is 5.02 Å². The number of esters is 1. The van der Waals surface area contributed by atoms with Gasteiger partial charge in [0.25, 0.3) is 0 Å². The van der Waals surface area contributed by atoms with E-state index in [-0.39, 0.29) is 12.7 Å². The fourth-order valence-electron chi connectivity index (χ4n) is 2.23. The van der Waals surface area contributed by atoms with Crippen molar-refractivity contribution >= 4 is 23.3 Å². The van der Waals surface area contributed by atoms with Crippen LogP contribution in [0.1, 0.15) is 24.2 Å². The van der Waals surface area contributed by atoms with E-state index >= 15 is 0 Å². The molecular formula is C15H21ClN2O3. The highest BCUT2D eigenvalue weighted by atomic mass is 35.5. The number of rotatable bonds is 4. The number of ether oxygens (including phenoxy) is 2. The van der Waals surface area contributed by atoms with Gasteiger partial charge in [-0.25, -0.2) is 4.79 Å². The molecule has 2 rings (SSSR count). The molecule has 0 bridgehead atoms. The summed E-state index contributed by atoms with van der Waals surface area (Å²) in [4.78, 5) is 14.3. The first-order valence-corrected chi connectivity index (χ1v) is 7.43. The van der Waals surface area contributed by atoms with Crippen LogP contribution >= 0.6 is 11.6 Å². The van der Waals surface area contributed by atoms with Gasteiger partial charge in [0.05, 0.1) is 22.9 Å². The van der Waals surface area contributed by atoms with E-state index in [1.54, 1.807) is 12.1 Å². The molecule has 1 heterocycles. The third kappa shape index (κ3) is 4.33. The Labute approximate surface area is 130 Å². The Hall–Kier alpha value is -1.30. The molecule has 1 fully saturated rings. The number of nitrogens with two attached hydrogens (primary N) is 1. The number of hydrogen-bond acceptors (Lipinski definition) is 5. The number of halogens is 1. The van der Waals surface area contributed by atoms with Crippen LogP contribution in [-0.4, -0.2) is 49.3 Å². The summed E-state index contributed by atoms with van der Waals surface area (Å²) in [6.07, 6.45) is -0.0882. The maximum absolute atomic E-state index is 12.0. The average molecular weight is 313 g/mol. The van der Waals surface area contributed by atoms with Gasteiger partial charge in [0.2, 0.25) is 0 Å². The predicted molar refractivity (Wildman–Crippen MR) is 82.6 cm³/mol. The van der Waals surface area contributed by atoms with Crippen molar-refractivity contribution in [3.63, 3.8) is 0 Å². The van der Waals surface area contributed by atoms with Crippen molar-refractivity contribution in [1.29, 1.82) is 0 Å². The van der Waals surface area contributed by atoms with E-state index in [4.69, 9.17) is 26.8 Å². The van der Waals surface area contributed by atoms with Crippen LogP contribution in [0.25, 0.3) is 0 Å². The highest BCUT2D eigenvalue weighted by Gasteiger charge is 2.23. The molecule has 0 spiro atoms. The second kappa shape index (κ2) is 7.11. The summed E-state index contributed by atoms with van der Waals surface area (Å²) in [6, 6.07) is 5.17. The monoisotopic (exact) mass is 312 g/mol. The Balaban J connectivity index is 1.87. The molecule has 1 aliphatic rings. The molecule has 0 amide bonds. The Kier molecular flexibility index (Phi) is 5.45. The molecule has 6 heteroatoms. The number of benzene rings is 1. The lowest BCUT2D eigenvalue weighted by Gasteiger charge is -2.35. The zero-order valence-corrected chi connectivity index (χ0v) is 13.1. The Bertz CT molecular complexity index is 508. The zero-order chi connectivity index (χ0) is 15.4. The van der Waals surface area contributed by atoms with Crippen LogP contribution in [0.15, 0.2) is 18.2 Å². The Morgan fingerprint density at radius 2 is 2.33 bits per heavy atom. The van der Waals surface area contributed by atoms with E-state index in [0.29, 0.717) is 28.9 Å². The summed E-state index contributed by atoms with van der Waals surface area (Å²) in [7, 11) is 0. The molecule has 1 aromatic carbocycles. The molecule has 1 unspecified atom stereocenters. The van der Waals surface area contributed by atoms with Gasteiger partial charge in [-0.2, -0.15) is 0 Å². The second-order valence-corrected chi connectivity index (χ2v) is 5.82. The topological polar surface area (TPSA) is 64.8 Å². The summed E-state index contributed by atoms with van der Waals surface area (Å²) in [5.41, 5.74) is 6.44. The average Bonchev–Trinajstić information content (AvgIpc) is 2.48. The van der Waals surface area contributed by atoms with Gasteiger partial charge < -0.3 is 15.2 Å². The first-order chi connectivity index (χ1) is 9.97. The molecule has 0 radical (unpaired) electrons. The summed E-state index contributed by atoms with van der Waals surface area (Å²) >= 11 is 5.83. The fraction of sp³-hybridized carbons (Fsp3) is 0.533. The van der Waals surface area contributed by atoms with Crippen LogP contribution in [0, 0.1) is 0 Å². The van der Waals surface area contributed by atoms with E-state index < -0.39 is 5.97 Å². The molecule has 21 heavy (non-hydrogen) atoms. The van der Waals surface area contributed by atoms with Gasteiger partial charge in [0, 0.05) is 19.1 Å². The maximum atomic E-state index is 12.0. The van der Waals surface area contributed by atoms with Gasteiger partial charge in [0.15, 0.2) is 0 Å². The normalized spacial score (nSPS) is 19.7. The molecule has 1 atom stereocenters. The van der Waals surface area contributed by atoms with E-state index in [1.807, 2.05) is 0 Å². The first-order valence-electron chi connectivity index (χ1n) is 7.05. The van der Waals surface area contributed by atoms with Crippen LogP contribution in [-0.2, 0) is 9.47 Å². The lowest BCUT2D eigenvalue weighted by molar-refractivity contribution is -0.0662. The van der Waals surface area contributed by atoms with Gasteiger partial charge >= 0.3 is 5.97 Å². The lowest BCUT2D eigenvalue weighted by atomic mass is 10.2. The fourth-order valence-corrected chi connectivity index (χ4v) is 2.35. The number of anilines is 1. The number of nitrogens with zero attached hydrogens (tertiary/aromatic N) is 1. The SMILES string of the molecule is CC(C)N1CCOC(COC(=O)c2ccc(Cl)c(N)c2)C1. The van der Waals surface area contributed by atoms with Crippen LogP contribution in [0.5, 0.6) is 0 Å². The molecule has 1 aliphatic heterocycles. The molecule has 5 nitrogen and oxygen atoms in total. The van der Waals surface area contributed by atoms with Crippen molar-refractivity contribution in [3.8, 4) is 0 Å². The van der Waals surface area contributed by atoms with Crippen molar-refractivity contribution in [3.05, 3.63) is 28.8 Å². The first kappa shape index (κ1) is 16.1. The molecule has 1 saturated heterocycles. The van der Waals surface area contributed by atoms with Crippen molar-refractivity contribution in [2.24, 2.45) is 0 Å². The minimum atomic E-state index is -0.413. The standard InChI is InChI=1S/C15H21ClN2O3/c1-10(2)18-5-6-20-12(8-18)9-21-15(19)11-3-4-13(16)14(17)7-11/h3-4,7,10,12H,5-6,8-9,17H2,1-2H3. The smallest absolute Gasteiger partial charge is 0.338 e. The van der Waals surface area contributed by atoms with Crippen molar-refractivity contribution in [2.75, 3.05) is 32.0 Å². The molecule has 1 aromatic rings. The minimum absolute atomic E-state index is 0.0882. The number of nitrogen functional groups attached to an aromatic ring is 1. The number of hydrogen-bond donors (Lipinski definition) is 1. The summed E-state index contributed by atoms with van der Waals surface area (Å²) in [5, 5.41) is 0.426.